The van der Waals surface area contributed by atoms with Crippen molar-refractivity contribution in [3.8, 4) is 0 Å². The van der Waals surface area contributed by atoms with Crippen molar-refractivity contribution in [1.82, 2.24) is 10.2 Å². The Morgan fingerprint density at radius 2 is 2.32 bits per heavy atom. The van der Waals surface area contributed by atoms with Gasteiger partial charge in [0.15, 0.2) is 0 Å². The quantitative estimate of drug-likeness (QED) is 0.836. The number of amides is 2. The van der Waals surface area contributed by atoms with Crippen molar-refractivity contribution in [2.24, 2.45) is 0 Å². The summed E-state index contributed by atoms with van der Waals surface area (Å²) in [5.41, 5.74) is 0. The van der Waals surface area contributed by atoms with Crippen molar-refractivity contribution in [3.05, 3.63) is 24.2 Å². The molecular formula is C16H24N2O4. The van der Waals surface area contributed by atoms with E-state index in [1.165, 1.54) is 6.26 Å². The molecule has 1 saturated heterocycles. The van der Waals surface area contributed by atoms with Gasteiger partial charge in [-0.1, -0.05) is 6.92 Å². The van der Waals surface area contributed by atoms with Gasteiger partial charge in [-0.15, -0.1) is 0 Å². The van der Waals surface area contributed by atoms with E-state index in [1.54, 1.807) is 17.0 Å². The molecule has 2 N–H and O–H groups in total. The first-order valence-electron chi connectivity index (χ1n) is 7.92. The van der Waals surface area contributed by atoms with Crippen LogP contribution in [0.5, 0.6) is 0 Å². The molecule has 6 heteroatoms. The van der Waals surface area contributed by atoms with Crippen molar-refractivity contribution in [2.75, 3.05) is 13.1 Å². The standard InChI is InChI=1S/C16H24N2O4/c1-2-6-15(20)18-9-4-3-7-12(18)16(21)17-11-13(19)14-8-5-10-22-14/h5,8,10,12-13,19H,2-4,6-7,9,11H2,1H3,(H,17,21). The number of carbonyl (C=O) groups excluding carboxylic acids is 2. The van der Waals surface area contributed by atoms with Crippen molar-refractivity contribution >= 4 is 11.8 Å². The molecule has 1 aromatic rings. The molecule has 2 heterocycles. The molecule has 6 nitrogen and oxygen atoms in total. The topological polar surface area (TPSA) is 82.8 Å². The van der Waals surface area contributed by atoms with Crippen LogP contribution >= 0.6 is 0 Å². The molecule has 1 fully saturated rings. The molecule has 0 spiro atoms. The average molecular weight is 308 g/mol. The second-order valence-corrected chi connectivity index (χ2v) is 5.63. The minimum atomic E-state index is -0.873. The Morgan fingerprint density at radius 3 is 3.00 bits per heavy atom. The Labute approximate surface area is 130 Å². The van der Waals surface area contributed by atoms with Crippen molar-refractivity contribution in [2.45, 2.75) is 51.2 Å². The van der Waals surface area contributed by atoms with E-state index in [0.717, 1.165) is 19.3 Å². The number of nitrogens with one attached hydrogen (secondary N) is 1. The van der Waals surface area contributed by atoms with E-state index >= 15 is 0 Å². The van der Waals surface area contributed by atoms with Gasteiger partial charge in [-0.3, -0.25) is 9.59 Å². The van der Waals surface area contributed by atoms with Crippen LogP contribution in [0.2, 0.25) is 0 Å². The number of furan rings is 1. The summed E-state index contributed by atoms with van der Waals surface area (Å²) in [5, 5.41) is 12.7. The number of hydrogen-bond acceptors (Lipinski definition) is 4. The zero-order valence-corrected chi connectivity index (χ0v) is 13.0. The van der Waals surface area contributed by atoms with E-state index in [4.69, 9.17) is 4.42 Å². The van der Waals surface area contributed by atoms with E-state index in [1.807, 2.05) is 6.92 Å². The highest BCUT2D eigenvalue weighted by Crippen LogP contribution is 2.19. The fourth-order valence-electron chi connectivity index (χ4n) is 2.76. The summed E-state index contributed by atoms with van der Waals surface area (Å²) in [6.07, 6.45) is 4.41. The number of carbonyl (C=O) groups is 2. The fourth-order valence-corrected chi connectivity index (χ4v) is 2.76. The number of rotatable bonds is 6. The Hall–Kier alpha value is -1.82. The predicted octanol–water partition coefficient (Wildman–Crippen LogP) is 1.61. The summed E-state index contributed by atoms with van der Waals surface area (Å²) in [6, 6.07) is 2.93. The van der Waals surface area contributed by atoms with Gasteiger partial charge < -0.3 is 19.7 Å². The minimum absolute atomic E-state index is 0.0360. The van der Waals surface area contributed by atoms with Gasteiger partial charge in [0.05, 0.1) is 12.8 Å². The van der Waals surface area contributed by atoms with Crippen LogP contribution in [0, 0.1) is 0 Å². The molecule has 2 rings (SSSR count). The molecule has 0 aliphatic carbocycles. The van der Waals surface area contributed by atoms with Crippen LogP contribution in [0.3, 0.4) is 0 Å². The van der Waals surface area contributed by atoms with Crippen LogP contribution < -0.4 is 5.32 Å². The number of aliphatic hydroxyl groups is 1. The van der Waals surface area contributed by atoms with Crippen LogP contribution in [0.4, 0.5) is 0 Å². The molecule has 1 aromatic heterocycles. The summed E-state index contributed by atoms with van der Waals surface area (Å²) < 4.78 is 5.10. The molecule has 0 bridgehead atoms. The maximum Gasteiger partial charge on any atom is 0.242 e. The third kappa shape index (κ3) is 4.10. The first-order valence-corrected chi connectivity index (χ1v) is 7.92. The number of piperidine rings is 1. The molecule has 122 valence electrons. The lowest BCUT2D eigenvalue weighted by Gasteiger charge is -2.35. The molecule has 0 radical (unpaired) electrons. The van der Waals surface area contributed by atoms with Crippen LogP contribution in [-0.2, 0) is 9.59 Å². The van der Waals surface area contributed by atoms with Crippen LogP contribution in [-0.4, -0.2) is 41.0 Å². The zero-order valence-electron chi connectivity index (χ0n) is 13.0. The van der Waals surface area contributed by atoms with E-state index in [2.05, 4.69) is 5.32 Å². The molecule has 2 atom stereocenters. The third-order valence-corrected chi connectivity index (χ3v) is 3.93. The zero-order chi connectivity index (χ0) is 15.9. The van der Waals surface area contributed by atoms with Crippen LogP contribution in [0.1, 0.15) is 50.9 Å². The molecule has 0 saturated carbocycles. The van der Waals surface area contributed by atoms with Gasteiger partial charge in [-0.2, -0.15) is 0 Å². The Kier molecular flexibility index (Phi) is 6.00. The Morgan fingerprint density at radius 1 is 1.50 bits per heavy atom. The summed E-state index contributed by atoms with van der Waals surface area (Å²) in [5.74, 6) is 0.256. The molecule has 0 aromatic carbocycles. The molecule has 2 amide bonds. The highest BCUT2D eigenvalue weighted by Gasteiger charge is 2.31. The Balaban J connectivity index is 1.90. The SMILES string of the molecule is CCCC(=O)N1CCCCC1C(=O)NCC(O)c1ccco1. The summed E-state index contributed by atoms with van der Waals surface area (Å²) in [6.45, 7) is 2.67. The van der Waals surface area contributed by atoms with Gasteiger partial charge in [-0.05, 0) is 37.8 Å². The Bertz CT molecular complexity index is 486. The molecule has 1 aliphatic rings. The lowest BCUT2D eigenvalue weighted by Crippen LogP contribution is -2.52. The highest BCUT2D eigenvalue weighted by atomic mass is 16.4. The van der Waals surface area contributed by atoms with Crippen molar-refractivity contribution < 1.29 is 19.1 Å². The fraction of sp³-hybridized carbons (Fsp3) is 0.625. The monoisotopic (exact) mass is 308 g/mol. The summed E-state index contributed by atoms with van der Waals surface area (Å²) in [7, 11) is 0. The van der Waals surface area contributed by atoms with E-state index in [-0.39, 0.29) is 18.4 Å². The highest BCUT2D eigenvalue weighted by molar-refractivity contribution is 5.87. The van der Waals surface area contributed by atoms with Crippen molar-refractivity contribution in [3.63, 3.8) is 0 Å². The summed E-state index contributed by atoms with van der Waals surface area (Å²) >= 11 is 0. The van der Waals surface area contributed by atoms with E-state index in [9.17, 15) is 14.7 Å². The predicted molar refractivity (Wildman–Crippen MR) is 80.9 cm³/mol. The number of hydrogen-bond donors (Lipinski definition) is 2. The van der Waals surface area contributed by atoms with Gasteiger partial charge in [0.25, 0.3) is 0 Å². The van der Waals surface area contributed by atoms with Gasteiger partial charge in [0.1, 0.15) is 17.9 Å². The number of nitrogens with zero attached hydrogens (tertiary/aromatic N) is 1. The maximum atomic E-state index is 12.3. The van der Waals surface area contributed by atoms with Crippen molar-refractivity contribution in [1.29, 1.82) is 0 Å². The van der Waals surface area contributed by atoms with Gasteiger partial charge >= 0.3 is 0 Å². The number of likely N-dealkylation sites (tertiary alicyclic amines) is 1. The van der Waals surface area contributed by atoms with Crippen LogP contribution in [0.15, 0.2) is 22.8 Å². The largest absolute Gasteiger partial charge is 0.467 e. The molecule has 22 heavy (non-hydrogen) atoms. The summed E-state index contributed by atoms with van der Waals surface area (Å²) in [4.78, 5) is 26.1. The third-order valence-electron chi connectivity index (χ3n) is 3.93. The lowest BCUT2D eigenvalue weighted by molar-refractivity contribution is -0.142. The minimum Gasteiger partial charge on any atom is -0.467 e. The molecule has 1 aliphatic heterocycles. The smallest absolute Gasteiger partial charge is 0.242 e. The van der Waals surface area contributed by atoms with Gasteiger partial charge in [0.2, 0.25) is 11.8 Å². The van der Waals surface area contributed by atoms with E-state index < -0.39 is 12.1 Å². The first kappa shape index (κ1) is 16.5. The normalized spacial score (nSPS) is 19.7. The van der Waals surface area contributed by atoms with E-state index in [0.29, 0.717) is 25.1 Å². The molecular weight excluding hydrogens is 284 g/mol. The molecule has 2 unspecified atom stereocenters. The van der Waals surface area contributed by atoms with Crippen LogP contribution in [0.25, 0.3) is 0 Å². The lowest BCUT2D eigenvalue weighted by atomic mass is 10.0. The second kappa shape index (κ2) is 7.98. The van der Waals surface area contributed by atoms with Gasteiger partial charge in [0, 0.05) is 13.0 Å². The second-order valence-electron chi connectivity index (χ2n) is 5.63. The number of aliphatic hydroxyl groups excluding tert-OH is 1. The van der Waals surface area contributed by atoms with Gasteiger partial charge in [-0.25, -0.2) is 0 Å². The average Bonchev–Trinajstić information content (AvgIpc) is 3.07. The first-order chi connectivity index (χ1) is 10.6. The maximum absolute atomic E-state index is 12.3.